The lowest BCUT2D eigenvalue weighted by atomic mass is 10.1. The monoisotopic (exact) mass is 337 g/mol. The molecule has 0 amide bonds. The van der Waals surface area contributed by atoms with E-state index in [4.69, 9.17) is 4.74 Å². The number of aromatic nitrogens is 2. The summed E-state index contributed by atoms with van der Waals surface area (Å²) in [7, 11) is 1.98. The third-order valence-electron chi connectivity index (χ3n) is 4.13. The summed E-state index contributed by atoms with van der Waals surface area (Å²) >= 11 is 0. The van der Waals surface area contributed by atoms with Crippen molar-refractivity contribution in [3.63, 3.8) is 0 Å². The Hall–Kier alpha value is -2.79. The van der Waals surface area contributed by atoms with Crippen LogP contribution >= 0.6 is 0 Å². The first-order valence-corrected chi connectivity index (χ1v) is 8.40. The van der Waals surface area contributed by atoms with Crippen LogP contribution in [0.3, 0.4) is 0 Å². The molecule has 3 aromatic rings. The van der Waals surface area contributed by atoms with E-state index in [2.05, 4.69) is 22.4 Å². The summed E-state index contributed by atoms with van der Waals surface area (Å²) in [6.07, 6.45) is 3.72. The molecule has 0 spiro atoms. The van der Waals surface area contributed by atoms with Crippen LogP contribution in [0, 0.1) is 0 Å². The SMILES string of the molecule is CCOc1cccc(CNC(c2ccccc2)c2nccn2C)c1O. The molecule has 1 unspecified atom stereocenters. The number of rotatable bonds is 7. The highest BCUT2D eigenvalue weighted by atomic mass is 16.5. The van der Waals surface area contributed by atoms with Crippen LogP contribution in [-0.2, 0) is 13.6 Å². The molecule has 2 N–H and O–H groups in total. The minimum absolute atomic E-state index is 0.0728. The number of imidazole rings is 1. The van der Waals surface area contributed by atoms with E-state index in [1.807, 2.05) is 55.1 Å². The smallest absolute Gasteiger partial charge is 0.162 e. The first kappa shape index (κ1) is 17.0. The van der Waals surface area contributed by atoms with E-state index >= 15 is 0 Å². The minimum atomic E-state index is -0.0728. The van der Waals surface area contributed by atoms with Crippen molar-refractivity contribution < 1.29 is 9.84 Å². The summed E-state index contributed by atoms with van der Waals surface area (Å²) in [5.74, 6) is 1.62. The average molecular weight is 337 g/mol. The molecular formula is C20H23N3O2. The number of aryl methyl sites for hydroxylation is 1. The number of ether oxygens (including phenoxy) is 1. The van der Waals surface area contributed by atoms with Crippen LogP contribution in [-0.4, -0.2) is 21.3 Å². The lowest BCUT2D eigenvalue weighted by Gasteiger charge is -2.20. The zero-order chi connectivity index (χ0) is 17.6. The van der Waals surface area contributed by atoms with Crippen molar-refractivity contribution in [2.45, 2.75) is 19.5 Å². The molecule has 0 aliphatic carbocycles. The van der Waals surface area contributed by atoms with Gasteiger partial charge >= 0.3 is 0 Å². The standard InChI is InChI=1S/C20H23N3O2/c1-3-25-17-11-7-10-16(19(17)24)14-22-18(15-8-5-4-6-9-15)20-21-12-13-23(20)2/h4-13,18,22,24H,3,14H2,1-2H3. The molecule has 0 aliphatic heterocycles. The summed E-state index contributed by atoms with van der Waals surface area (Å²) in [4.78, 5) is 4.49. The Bertz CT molecular complexity index is 815. The Balaban J connectivity index is 1.85. The Kier molecular flexibility index (Phi) is 5.36. The van der Waals surface area contributed by atoms with E-state index in [1.165, 1.54) is 0 Å². The van der Waals surface area contributed by atoms with Gasteiger partial charge in [-0.2, -0.15) is 0 Å². The number of hydrogen-bond donors (Lipinski definition) is 2. The number of aromatic hydroxyl groups is 1. The molecule has 0 radical (unpaired) electrons. The Morgan fingerprint density at radius 3 is 2.64 bits per heavy atom. The molecule has 25 heavy (non-hydrogen) atoms. The maximum atomic E-state index is 10.4. The number of phenols is 1. The van der Waals surface area contributed by atoms with E-state index in [0.29, 0.717) is 18.9 Å². The quantitative estimate of drug-likeness (QED) is 0.694. The zero-order valence-electron chi connectivity index (χ0n) is 14.5. The predicted octanol–water partition coefficient (Wildman–Crippen LogP) is 3.40. The lowest BCUT2D eigenvalue weighted by Crippen LogP contribution is -2.24. The van der Waals surface area contributed by atoms with Crippen LogP contribution < -0.4 is 10.1 Å². The second-order valence-corrected chi connectivity index (χ2v) is 5.82. The van der Waals surface area contributed by atoms with Gasteiger partial charge in [-0.25, -0.2) is 4.98 Å². The summed E-state index contributed by atoms with van der Waals surface area (Å²) in [6, 6.07) is 15.7. The van der Waals surface area contributed by atoms with Crippen LogP contribution in [0.2, 0.25) is 0 Å². The lowest BCUT2D eigenvalue weighted by molar-refractivity contribution is 0.316. The van der Waals surface area contributed by atoms with Crippen molar-refractivity contribution in [3.05, 3.63) is 77.9 Å². The number of phenolic OH excluding ortho intramolecular Hbond substituents is 1. The van der Waals surface area contributed by atoms with Crippen molar-refractivity contribution in [2.24, 2.45) is 7.05 Å². The first-order chi connectivity index (χ1) is 12.2. The van der Waals surface area contributed by atoms with Gasteiger partial charge in [-0.05, 0) is 18.6 Å². The molecule has 0 saturated carbocycles. The molecule has 130 valence electrons. The number of para-hydroxylation sites is 1. The van der Waals surface area contributed by atoms with Crippen molar-refractivity contribution >= 4 is 0 Å². The topological polar surface area (TPSA) is 59.3 Å². The summed E-state index contributed by atoms with van der Waals surface area (Å²) in [6.45, 7) is 2.92. The molecule has 2 aromatic carbocycles. The molecular weight excluding hydrogens is 314 g/mol. The third kappa shape index (κ3) is 3.83. The molecule has 1 atom stereocenters. The van der Waals surface area contributed by atoms with Crippen molar-refractivity contribution in [3.8, 4) is 11.5 Å². The van der Waals surface area contributed by atoms with Crippen molar-refractivity contribution in [1.82, 2.24) is 14.9 Å². The van der Waals surface area contributed by atoms with Crippen LogP contribution in [0.4, 0.5) is 0 Å². The van der Waals surface area contributed by atoms with Gasteiger partial charge in [-0.1, -0.05) is 42.5 Å². The second kappa shape index (κ2) is 7.85. The van der Waals surface area contributed by atoms with Gasteiger partial charge < -0.3 is 14.4 Å². The molecule has 3 rings (SSSR count). The molecule has 1 heterocycles. The van der Waals surface area contributed by atoms with Gasteiger partial charge in [0.2, 0.25) is 0 Å². The largest absolute Gasteiger partial charge is 0.504 e. The fourth-order valence-electron chi connectivity index (χ4n) is 2.85. The third-order valence-corrected chi connectivity index (χ3v) is 4.13. The van der Waals surface area contributed by atoms with Gasteiger partial charge in [0.15, 0.2) is 11.5 Å². The summed E-state index contributed by atoms with van der Waals surface area (Å²) in [5.41, 5.74) is 1.92. The van der Waals surface area contributed by atoms with Gasteiger partial charge in [0.25, 0.3) is 0 Å². The Morgan fingerprint density at radius 2 is 1.96 bits per heavy atom. The molecule has 5 heteroatoms. The van der Waals surface area contributed by atoms with E-state index in [0.717, 1.165) is 17.0 Å². The fourth-order valence-corrected chi connectivity index (χ4v) is 2.85. The van der Waals surface area contributed by atoms with E-state index in [9.17, 15) is 5.11 Å². The molecule has 0 aliphatic rings. The van der Waals surface area contributed by atoms with Gasteiger partial charge in [-0.15, -0.1) is 0 Å². The normalized spacial score (nSPS) is 12.1. The van der Waals surface area contributed by atoms with Gasteiger partial charge in [-0.3, -0.25) is 5.32 Å². The predicted molar refractivity (Wildman–Crippen MR) is 97.6 cm³/mol. The Labute approximate surface area is 147 Å². The first-order valence-electron chi connectivity index (χ1n) is 8.40. The highest BCUT2D eigenvalue weighted by molar-refractivity contribution is 5.45. The molecule has 1 aromatic heterocycles. The molecule has 0 bridgehead atoms. The molecule has 5 nitrogen and oxygen atoms in total. The van der Waals surface area contributed by atoms with Crippen LogP contribution in [0.25, 0.3) is 0 Å². The Morgan fingerprint density at radius 1 is 1.16 bits per heavy atom. The van der Waals surface area contributed by atoms with Gasteiger partial charge in [0, 0.05) is 31.5 Å². The van der Waals surface area contributed by atoms with E-state index in [1.54, 1.807) is 12.3 Å². The maximum absolute atomic E-state index is 10.4. The average Bonchev–Trinajstić information content (AvgIpc) is 3.05. The number of nitrogens with zero attached hydrogens (tertiary/aromatic N) is 2. The van der Waals surface area contributed by atoms with Crippen LogP contribution in [0.1, 0.15) is 29.9 Å². The van der Waals surface area contributed by atoms with Crippen LogP contribution in [0.15, 0.2) is 60.9 Å². The highest BCUT2D eigenvalue weighted by Crippen LogP contribution is 2.30. The van der Waals surface area contributed by atoms with Crippen molar-refractivity contribution in [1.29, 1.82) is 0 Å². The number of benzene rings is 2. The summed E-state index contributed by atoms with van der Waals surface area (Å²) in [5, 5.41) is 13.9. The highest BCUT2D eigenvalue weighted by Gasteiger charge is 2.18. The molecule has 0 saturated heterocycles. The number of hydrogen-bond acceptors (Lipinski definition) is 4. The van der Waals surface area contributed by atoms with E-state index in [-0.39, 0.29) is 11.8 Å². The zero-order valence-corrected chi connectivity index (χ0v) is 14.5. The number of nitrogens with one attached hydrogen (secondary N) is 1. The second-order valence-electron chi connectivity index (χ2n) is 5.82. The van der Waals surface area contributed by atoms with Crippen molar-refractivity contribution in [2.75, 3.05) is 6.61 Å². The maximum Gasteiger partial charge on any atom is 0.162 e. The van der Waals surface area contributed by atoms with Gasteiger partial charge in [0.05, 0.1) is 12.6 Å². The van der Waals surface area contributed by atoms with Gasteiger partial charge in [0.1, 0.15) is 5.82 Å². The molecule has 0 fully saturated rings. The minimum Gasteiger partial charge on any atom is -0.504 e. The van der Waals surface area contributed by atoms with Crippen LogP contribution in [0.5, 0.6) is 11.5 Å². The summed E-state index contributed by atoms with van der Waals surface area (Å²) < 4.78 is 7.47. The van der Waals surface area contributed by atoms with E-state index < -0.39 is 0 Å². The fraction of sp³-hybridized carbons (Fsp3) is 0.250.